The van der Waals surface area contributed by atoms with Crippen molar-refractivity contribution in [1.82, 2.24) is 15.2 Å². The minimum Gasteiger partial charge on any atom is -0.381 e. The molecule has 0 aliphatic rings. The molecule has 0 atom stereocenters. The van der Waals surface area contributed by atoms with Crippen molar-refractivity contribution in [3.8, 4) is 0 Å². The fraction of sp³-hybridized carbons (Fsp3) is 0.700. The van der Waals surface area contributed by atoms with Gasteiger partial charge in [-0.2, -0.15) is 0 Å². The van der Waals surface area contributed by atoms with Crippen LogP contribution in [-0.2, 0) is 21.0 Å². The Bertz CT molecular complexity index is 509. The summed E-state index contributed by atoms with van der Waals surface area (Å²) in [6.07, 6.45) is 3.01. The Balaban J connectivity index is 2.12. The van der Waals surface area contributed by atoms with Crippen LogP contribution in [-0.4, -0.2) is 48.8 Å². The minimum absolute atomic E-state index is 0.0979. The van der Waals surface area contributed by atoms with Crippen LogP contribution in [0.5, 0.6) is 0 Å². The number of aromatic nitrogens is 3. The molecule has 0 unspecified atom stereocenters. The van der Waals surface area contributed by atoms with Gasteiger partial charge in [0.2, 0.25) is 0 Å². The van der Waals surface area contributed by atoms with E-state index in [4.69, 9.17) is 22.1 Å². The highest BCUT2D eigenvalue weighted by Gasteiger charge is 2.04. The summed E-state index contributed by atoms with van der Waals surface area (Å²) in [6, 6.07) is 0. The molecule has 1 rings (SSSR count). The summed E-state index contributed by atoms with van der Waals surface area (Å²) >= 11 is 5.60. The lowest BCUT2D eigenvalue weighted by Crippen LogP contribution is -2.08. The van der Waals surface area contributed by atoms with E-state index < -0.39 is 9.84 Å². The molecule has 0 aliphatic carbocycles. The first-order chi connectivity index (χ1) is 8.88. The van der Waals surface area contributed by atoms with Crippen LogP contribution in [0, 0.1) is 0 Å². The zero-order valence-corrected chi connectivity index (χ0v) is 12.2. The van der Waals surface area contributed by atoms with Gasteiger partial charge in [0, 0.05) is 25.9 Å². The molecule has 0 fully saturated rings. The summed E-state index contributed by atoms with van der Waals surface area (Å²) in [7, 11) is -2.90. The zero-order chi connectivity index (χ0) is 14.3. The van der Waals surface area contributed by atoms with Crippen molar-refractivity contribution in [2.75, 3.05) is 31.0 Å². The predicted molar refractivity (Wildman–Crippen MR) is 72.7 cm³/mol. The third-order valence-electron chi connectivity index (χ3n) is 2.21. The third kappa shape index (κ3) is 7.24. The number of anilines is 1. The molecule has 2 N–H and O–H groups in total. The molecular formula is C10H17ClN4O3S. The smallest absolute Gasteiger partial charge is 0.193 e. The highest BCUT2D eigenvalue weighted by atomic mass is 35.5. The Morgan fingerprint density at radius 1 is 1.26 bits per heavy atom. The number of hydrogen-bond donors (Lipinski definition) is 1. The second kappa shape index (κ2) is 7.56. The number of nitrogen functional groups attached to an aromatic ring is 1. The Morgan fingerprint density at radius 3 is 2.58 bits per heavy atom. The fourth-order valence-corrected chi connectivity index (χ4v) is 2.05. The number of aryl methyl sites for hydroxylation is 1. The second-order valence-electron chi connectivity index (χ2n) is 4.10. The monoisotopic (exact) mass is 308 g/mol. The molecule has 1 heterocycles. The van der Waals surface area contributed by atoms with Crippen molar-refractivity contribution in [2.45, 2.75) is 19.3 Å². The number of nitrogens with two attached hydrogens (primary N) is 1. The van der Waals surface area contributed by atoms with E-state index in [-0.39, 0.29) is 16.7 Å². The molecule has 9 heteroatoms. The summed E-state index contributed by atoms with van der Waals surface area (Å²) < 4.78 is 27.0. The van der Waals surface area contributed by atoms with Crippen LogP contribution in [0.4, 0.5) is 5.82 Å². The molecule has 0 spiro atoms. The predicted octanol–water partition coefficient (Wildman–Crippen LogP) is 0.491. The lowest BCUT2D eigenvalue weighted by Gasteiger charge is -2.03. The molecule has 0 amide bonds. The largest absolute Gasteiger partial charge is 0.381 e. The van der Waals surface area contributed by atoms with Gasteiger partial charge < -0.3 is 10.5 Å². The number of rotatable bonds is 8. The van der Waals surface area contributed by atoms with E-state index in [1.54, 1.807) is 0 Å². The number of hydrogen-bond acceptors (Lipinski definition) is 7. The van der Waals surface area contributed by atoms with Gasteiger partial charge in [-0.3, -0.25) is 0 Å². The second-order valence-corrected chi connectivity index (χ2v) is 6.72. The number of ether oxygens (including phenoxy) is 1. The Labute approximate surface area is 117 Å². The van der Waals surface area contributed by atoms with Crippen LogP contribution in [0.25, 0.3) is 0 Å². The maximum Gasteiger partial charge on any atom is 0.193 e. The first-order valence-electron chi connectivity index (χ1n) is 5.78. The van der Waals surface area contributed by atoms with Gasteiger partial charge in [0.15, 0.2) is 16.8 Å². The molecule has 7 nitrogen and oxygen atoms in total. The highest BCUT2D eigenvalue weighted by molar-refractivity contribution is 7.90. The van der Waals surface area contributed by atoms with E-state index in [1.807, 2.05) is 0 Å². The van der Waals surface area contributed by atoms with Gasteiger partial charge in [-0.15, -0.1) is 10.2 Å². The Morgan fingerprint density at radius 2 is 1.95 bits per heavy atom. The molecule has 1 aromatic rings. The van der Waals surface area contributed by atoms with E-state index in [0.717, 1.165) is 0 Å². The van der Waals surface area contributed by atoms with E-state index in [1.165, 1.54) is 6.26 Å². The van der Waals surface area contributed by atoms with Crippen LogP contribution in [0.1, 0.15) is 18.7 Å². The maximum atomic E-state index is 10.9. The highest BCUT2D eigenvalue weighted by Crippen LogP contribution is 2.10. The van der Waals surface area contributed by atoms with E-state index in [9.17, 15) is 8.42 Å². The summed E-state index contributed by atoms with van der Waals surface area (Å²) in [5, 5.41) is 7.55. The standard InChI is InChI=1S/C10H17ClN4O3S/c1-19(16,17)7-3-6-18-5-2-4-8-13-10(12)9(11)15-14-8/h2-7H2,1H3,(H2,12,13,14). The molecule has 0 bridgehead atoms. The van der Waals surface area contributed by atoms with Crippen LogP contribution in [0.2, 0.25) is 5.15 Å². The van der Waals surface area contributed by atoms with Crippen LogP contribution < -0.4 is 5.73 Å². The average Bonchev–Trinajstić information content (AvgIpc) is 2.31. The van der Waals surface area contributed by atoms with Crippen LogP contribution in [0.15, 0.2) is 0 Å². The summed E-state index contributed by atoms with van der Waals surface area (Å²) in [6.45, 7) is 0.935. The summed E-state index contributed by atoms with van der Waals surface area (Å²) in [5.41, 5.74) is 5.50. The number of sulfone groups is 1. The van der Waals surface area contributed by atoms with Gasteiger partial charge >= 0.3 is 0 Å². The van der Waals surface area contributed by atoms with Crippen molar-refractivity contribution in [3.63, 3.8) is 0 Å². The Kier molecular flexibility index (Phi) is 6.40. The summed E-state index contributed by atoms with van der Waals surface area (Å²) in [5.74, 6) is 0.829. The third-order valence-corrected chi connectivity index (χ3v) is 3.51. The Hall–Kier alpha value is -0.990. The lowest BCUT2D eigenvalue weighted by atomic mass is 10.3. The van der Waals surface area contributed by atoms with Crippen molar-refractivity contribution in [1.29, 1.82) is 0 Å². The topological polar surface area (TPSA) is 108 Å². The molecule has 19 heavy (non-hydrogen) atoms. The quantitative estimate of drug-likeness (QED) is 0.696. The van der Waals surface area contributed by atoms with Crippen molar-refractivity contribution in [3.05, 3.63) is 11.0 Å². The van der Waals surface area contributed by atoms with E-state index >= 15 is 0 Å². The van der Waals surface area contributed by atoms with Crippen molar-refractivity contribution in [2.24, 2.45) is 0 Å². The average molecular weight is 309 g/mol. The molecule has 0 aromatic carbocycles. The van der Waals surface area contributed by atoms with E-state index in [0.29, 0.717) is 38.3 Å². The molecule has 0 saturated carbocycles. The molecule has 1 aromatic heterocycles. The minimum atomic E-state index is -2.90. The zero-order valence-electron chi connectivity index (χ0n) is 10.7. The van der Waals surface area contributed by atoms with Gasteiger partial charge in [-0.25, -0.2) is 13.4 Å². The van der Waals surface area contributed by atoms with Crippen LogP contribution >= 0.6 is 11.6 Å². The first kappa shape index (κ1) is 16.1. The molecule has 0 aliphatic heterocycles. The van der Waals surface area contributed by atoms with Crippen LogP contribution in [0.3, 0.4) is 0 Å². The van der Waals surface area contributed by atoms with Gasteiger partial charge in [0.25, 0.3) is 0 Å². The normalized spacial score (nSPS) is 11.7. The number of halogens is 1. The van der Waals surface area contributed by atoms with Crippen molar-refractivity contribution >= 4 is 27.3 Å². The fourth-order valence-electron chi connectivity index (χ4n) is 1.32. The summed E-state index contributed by atoms with van der Waals surface area (Å²) in [4.78, 5) is 3.98. The first-order valence-corrected chi connectivity index (χ1v) is 8.22. The van der Waals surface area contributed by atoms with Gasteiger partial charge in [-0.1, -0.05) is 11.6 Å². The molecule has 108 valence electrons. The molecule has 0 radical (unpaired) electrons. The maximum absolute atomic E-state index is 10.9. The van der Waals surface area contributed by atoms with Gasteiger partial charge in [0.1, 0.15) is 9.84 Å². The van der Waals surface area contributed by atoms with Gasteiger partial charge in [0.05, 0.1) is 5.75 Å². The molecular weight excluding hydrogens is 292 g/mol. The van der Waals surface area contributed by atoms with Gasteiger partial charge in [-0.05, 0) is 12.8 Å². The lowest BCUT2D eigenvalue weighted by molar-refractivity contribution is 0.132. The SMILES string of the molecule is CS(=O)(=O)CCCOCCCc1nnc(Cl)c(N)n1. The number of nitrogens with zero attached hydrogens (tertiary/aromatic N) is 3. The molecule has 0 saturated heterocycles. The van der Waals surface area contributed by atoms with Crippen molar-refractivity contribution < 1.29 is 13.2 Å². The van der Waals surface area contributed by atoms with E-state index in [2.05, 4.69) is 15.2 Å².